The molecule has 0 aromatic heterocycles. The zero-order valence-corrected chi connectivity index (χ0v) is 19.0. The van der Waals surface area contributed by atoms with Gasteiger partial charge in [-0.25, -0.2) is 0 Å². The summed E-state index contributed by atoms with van der Waals surface area (Å²) in [5, 5.41) is 0.703. The van der Waals surface area contributed by atoms with Gasteiger partial charge in [0.2, 0.25) is 5.91 Å². The second-order valence-electron chi connectivity index (χ2n) is 8.06. The maximum Gasteiger partial charge on any atom is 0.231 e. The average Bonchev–Trinajstić information content (AvgIpc) is 2.84. The van der Waals surface area contributed by atoms with Gasteiger partial charge < -0.3 is 14.5 Å². The summed E-state index contributed by atoms with van der Waals surface area (Å²) in [6.07, 6.45) is 5.62. The first-order valence-electron chi connectivity index (χ1n) is 10.4. The quantitative estimate of drug-likeness (QED) is 0.573. The highest BCUT2D eigenvalue weighted by atomic mass is 35.5. The first-order chi connectivity index (χ1) is 14.4. The van der Waals surface area contributed by atoms with Crippen LogP contribution in [0.15, 0.2) is 54.6 Å². The molecule has 1 amide bonds. The van der Waals surface area contributed by atoms with Gasteiger partial charge in [0, 0.05) is 29.7 Å². The number of methoxy groups -OCH3 is 1. The summed E-state index contributed by atoms with van der Waals surface area (Å²) < 4.78 is 5.33. The second kappa shape index (κ2) is 10.1. The summed E-state index contributed by atoms with van der Waals surface area (Å²) in [5.74, 6) is 0.931. The normalized spacial score (nSPS) is 19.3. The van der Waals surface area contributed by atoms with E-state index in [1.807, 2.05) is 62.3 Å². The standard InChI is InChI=1S/C25H31ClN2O2/c1-5-6-7-22-23(18-8-11-21(30-4)12-9-18)17-19-16-20(26)10-13-24(19)28(25(22)29)15-14-27(2)3/h5-6,8-13,16,22-23H,7,14-15,17H2,1-4H3/t22-,23+/m1/s1. The maximum absolute atomic E-state index is 13.8. The molecule has 5 heteroatoms. The molecule has 4 nitrogen and oxygen atoms in total. The van der Waals surface area contributed by atoms with Crippen LogP contribution < -0.4 is 9.64 Å². The number of nitrogens with zero attached hydrogens (tertiary/aromatic N) is 2. The summed E-state index contributed by atoms with van der Waals surface area (Å²) in [6, 6.07) is 14.0. The van der Waals surface area contributed by atoms with Crippen LogP contribution in [0, 0.1) is 5.92 Å². The average molecular weight is 427 g/mol. The number of hydrogen-bond donors (Lipinski definition) is 0. The van der Waals surface area contributed by atoms with Crippen LogP contribution in [0.4, 0.5) is 5.69 Å². The Kier molecular flexibility index (Phi) is 7.57. The van der Waals surface area contributed by atoms with Gasteiger partial charge in [-0.1, -0.05) is 35.9 Å². The van der Waals surface area contributed by atoms with Crippen LogP contribution in [0.1, 0.15) is 30.4 Å². The summed E-state index contributed by atoms with van der Waals surface area (Å²) in [7, 11) is 5.73. The van der Waals surface area contributed by atoms with E-state index in [0.717, 1.165) is 35.5 Å². The van der Waals surface area contributed by atoms with Gasteiger partial charge in [-0.2, -0.15) is 0 Å². The largest absolute Gasteiger partial charge is 0.497 e. The Balaban J connectivity index is 2.08. The Morgan fingerprint density at radius 2 is 1.93 bits per heavy atom. The van der Waals surface area contributed by atoms with Gasteiger partial charge in [0.25, 0.3) is 0 Å². The van der Waals surface area contributed by atoms with Crippen LogP contribution in [0.25, 0.3) is 0 Å². The lowest BCUT2D eigenvalue weighted by Gasteiger charge is -2.29. The molecular weight excluding hydrogens is 396 g/mol. The van der Waals surface area contributed by atoms with Crippen molar-refractivity contribution in [1.82, 2.24) is 4.90 Å². The predicted molar refractivity (Wildman–Crippen MR) is 125 cm³/mol. The van der Waals surface area contributed by atoms with E-state index in [9.17, 15) is 4.79 Å². The smallest absolute Gasteiger partial charge is 0.231 e. The molecule has 0 fully saturated rings. The van der Waals surface area contributed by atoms with E-state index >= 15 is 0 Å². The minimum absolute atomic E-state index is 0.0705. The van der Waals surface area contributed by atoms with Gasteiger partial charge in [-0.15, -0.1) is 0 Å². The van der Waals surface area contributed by atoms with E-state index < -0.39 is 0 Å². The number of allylic oxidation sites excluding steroid dienone is 2. The highest BCUT2D eigenvalue weighted by molar-refractivity contribution is 6.30. The number of rotatable bonds is 7. The second-order valence-corrected chi connectivity index (χ2v) is 8.50. The van der Waals surface area contributed by atoms with Crippen molar-refractivity contribution in [3.63, 3.8) is 0 Å². The van der Waals surface area contributed by atoms with Crippen LogP contribution in [0.2, 0.25) is 5.02 Å². The Hall–Kier alpha value is -2.30. The summed E-state index contributed by atoms with van der Waals surface area (Å²) in [5.41, 5.74) is 3.25. The number of ether oxygens (including phenoxy) is 1. The van der Waals surface area contributed by atoms with E-state index in [-0.39, 0.29) is 17.7 Å². The number of halogens is 1. The summed E-state index contributed by atoms with van der Waals surface area (Å²) >= 11 is 6.36. The third kappa shape index (κ3) is 5.05. The summed E-state index contributed by atoms with van der Waals surface area (Å²) in [4.78, 5) is 17.9. The number of benzene rings is 2. The third-order valence-electron chi connectivity index (χ3n) is 5.78. The van der Waals surface area contributed by atoms with Crippen LogP contribution >= 0.6 is 11.6 Å². The topological polar surface area (TPSA) is 32.8 Å². The Bertz CT molecular complexity index is 893. The fourth-order valence-electron chi connectivity index (χ4n) is 4.13. The Morgan fingerprint density at radius 1 is 1.20 bits per heavy atom. The van der Waals surface area contributed by atoms with E-state index in [2.05, 4.69) is 23.1 Å². The van der Waals surface area contributed by atoms with Crippen molar-refractivity contribution in [3.8, 4) is 5.75 Å². The van der Waals surface area contributed by atoms with Gasteiger partial charge in [0.1, 0.15) is 5.75 Å². The molecule has 2 aromatic carbocycles. The molecule has 3 rings (SSSR count). The van der Waals surface area contributed by atoms with Crippen LogP contribution in [0.5, 0.6) is 5.75 Å². The molecular formula is C25H31ClN2O2. The number of carbonyl (C=O) groups excluding carboxylic acids is 1. The third-order valence-corrected chi connectivity index (χ3v) is 6.02. The zero-order valence-electron chi connectivity index (χ0n) is 18.3. The van der Waals surface area contributed by atoms with Gasteiger partial charge in [0.05, 0.1) is 7.11 Å². The van der Waals surface area contributed by atoms with Crippen LogP contribution in [-0.4, -0.2) is 45.1 Å². The number of anilines is 1. The molecule has 0 unspecified atom stereocenters. The molecule has 1 aliphatic heterocycles. The SMILES string of the molecule is CC=CC[C@H]1C(=O)N(CCN(C)C)c2ccc(Cl)cc2C[C@H]1c1ccc(OC)cc1. The predicted octanol–water partition coefficient (Wildman–Crippen LogP) is 5.17. The summed E-state index contributed by atoms with van der Waals surface area (Å²) in [6.45, 7) is 3.46. The lowest BCUT2D eigenvalue weighted by Crippen LogP contribution is -2.41. The molecule has 0 spiro atoms. The highest BCUT2D eigenvalue weighted by Crippen LogP contribution is 2.40. The molecule has 0 radical (unpaired) electrons. The van der Waals surface area contributed by atoms with E-state index in [4.69, 9.17) is 16.3 Å². The van der Waals surface area contributed by atoms with Crippen molar-refractivity contribution in [2.45, 2.75) is 25.7 Å². The lowest BCUT2D eigenvalue weighted by molar-refractivity contribution is -0.122. The molecule has 0 N–H and O–H groups in total. The Labute approximate surface area is 185 Å². The fraction of sp³-hybridized carbons (Fsp3) is 0.400. The molecule has 2 atom stereocenters. The van der Waals surface area contributed by atoms with E-state index in [1.54, 1.807) is 7.11 Å². The van der Waals surface area contributed by atoms with Crippen LogP contribution in [0.3, 0.4) is 0 Å². The maximum atomic E-state index is 13.8. The van der Waals surface area contributed by atoms with Gasteiger partial charge in [0.15, 0.2) is 0 Å². The Morgan fingerprint density at radius 3 is 2.57 bits per heavy atom. The first-order valence-corrected chi connectivity index (χ1v) is 10.8. The molecule has 160 valence electrons. The van der Waals surface area contributed by atoms with Gasteiger partial charge >= 0.3 is 0 Å². The number of hydrogen-bond acceptors (Lipinski definition) is 3. The molecule has 1 aliphatic rings. The number of carbonyl (C=O) groups is 1. The van der Waals surface area contributed by atoms with Crippen molar-refractivity contribution in [3.05, 3.63) is 70.8 Å². The molecule has 0 bridgehead atoms. The van der Waals surface area contributed by atoms with E-state index in [0.29, 0.717) is 18.0 Å². The van der Waals surface area contributed by atoms with Gasteiger partial charge in [-0.3, -0.25) is 4.79 Å². The highest BCUT2D eigenvalue weighted by Gasteiger charge is 2.37. The molecule has 30 heavy (non-hydrogen) atoms. The van der Waals surface area contributed by atoms with Crippen molar-refractivity contribution >= 4 is 23.2 Å². The first kappa shape index (κ1) is 22.4. The van der Waals surface area contributed by atoms with Crippen molar-refractivity contribution in [1.29, 1.82) is 0 Å². The van der Waals surface area contributed by atoms with E-state index in [1.165, 1.54) is 0 Å². The zero-order chi connectivity index (χ0) is 21.7. The van der Waals surface area contributed by atoms with Crippen molar-refractivity contribution in [2.24, 2.45) is 5.92 Å². The lowest BCUT2D eigenvalue weighted by atomic mass is 9.80. The molecule has 0 aliphatic carbocycles. The minimum atomic E-state index is -0.136. The van der Waals surface area contributed by atoms with Crippen molar-refractivity contribution in [2.75, 3.05) is 39.2 Å². The van der Waals surface area contributed by atoms with Crippen molar-refractivity contribution < 1.29 is 9.53 Å². The monoisotopic (exact) mass is 426 g/mol. The number of fused-ring (bicyclic) bond motifs is 1. The molecule has 1 heterocycles. The molecule has 0 saturated carbocycles. The molecule has 2 aromatic rings. The van der Waals surface area contributed by atoms with Gasteiger partial charge in [-0.05, 0) is 81.2 Å². The number of likely N-dealkylation sites (N-methyl/N-ethyl adjacent to an activating group) is 1. The fourth-order valence-corrected chi connectivity index (χ4v) is 4.33. The minimum Gasteiger partial charge on any atom is -0.497 e. The van der Waals surface area contributed by atoms with Crippen LogP contribution in [-0.2, 0) is 11.2 Å². The molecule has 0 saturated heterocycles. The number of amides is 1.